The molecule has 9 heteroatoms. The van der Waals surface area contributed by atoms with Crippen molar-refractivity contribution >= 4 is 40.1 Å². The molecule has 0 radical (unpaired) electrons. The zero-order chi connectivity index (χ0) is 27.3. The number of nitrogens with one attached hydrogen (secondary N) is 1. The van der Waals surface area contributed by atoms with E-state index in [2.05, 4.69) is 27.0 Å². The minimum atomic E-state index is -0.0915. The number of carbonyl (C=O) groups is 2. The van der Waals surface area contributed by atoms with Gasteiger partial charge in [0.1, 0.15) is 11.3 Å². The third-order valence-corrected chi connectivity index (χ3v) is 9.37. The fourth-order valence-corrected chi connectivity index (χ4v) is 6.94. The maximum Gasteiger partial charge on any atom is 0.256 e. The fourth-order valence-electron chi connectivity index (χ4n) is 6.66. The number of carbonyl (C=O) groups excluding carboxylic acids is 2. The number of hydrogen-bond acceptors (Lipinski definition) is 5. The van der Waals surface area contributed by atoms with Crippen molar-refractivity contribution < 1.29 is 9.59 Å². The summed E-state index contributed by atoms with van der Waals surface area (Å²) in [7, 11) is 0. The summed E-state index contributed by atoms with van der Waals surface area (Å²) in [6.45, 7) is 4.45. The van der Waals surface area contributed by atoms with Crippen molar-refractivity contribution in [3.63, 3.8) is 0 Å². The standard InChI is InChI=1S/C31H31ClN6O2/c32-24-5-1-3-21-19-38(30(40)27(21)24)20-26-34-25-6-2-4-23(28(25)35-26)29(39)37-17-11-31(12-18-37)9-15-36(16-10-31)22-7-13-33-14-8-22/h1-8,13-14H,9-12,15-20H2,(H,34,35). The third kappa shape index (κ3) is 4.40. The Labute approximate surface area is 238 Å². The van der Waals surface area contributed by atoms with E-state index in [-0.39, 0.29) is 11.8 Å². The van der Waals surface area contributed by atoms with E-state index in [0.29, 0.717) is 46.0 Å². The van der Waals surface area contributed by atoms with E-state index in [1.807, 2.05) is 47.6 Å². The van der Waals surface area contributed by atoms with Crippen LogP contribution in [0.5, 0.6) is 0 Å². The molecule has 0 aliphatic carbocycles. The second kappa shape index (κ2) is 9.93. The number of nitrogens with zero attached hydrogens (tertiary/aromatic N) is 5. The minimum absolute atomic E-state index is 0.0316. The first-order valence-electron chi connectivity index (χ1n) is 14.0. The Hall–Kier alpha value is -3.91. The van der Waals surface area contributed by atoms with E-state index in [9.17, 15) is 9.59 Å². The van der Waals surface area contributed by atoms with Crippen molar-refractivity contribution in [2.45, 2.75) is 38.8 Å². The van der Waals surface area contributed by atoms with Gasteiger partial charge in [0.2, 0.25) is 0 Å². The Morgan fingerprint density at radius 1 is 0.950 bits per heavy atom. The molecular formula is C31H31ClN6O2. The van der Waals surface area contributed by atoms with Gasteiger partial charge in [-0.15, -0.1) is 0 Å². The van der Waals surface area contributed by atoms with Crippen LogP contribution in [-0.2, 0) is 13.1 Å². The smallest absolute Gasteiger partial charge is 0.256 e. The van der Waals surface area contributed by atoms with Crippen LogP contribution in [0.4, 0.5) is 5.69 Å². The predicted molar refractivity (Wildman–Crippen MR) is 154 cm³/mol. The molecular weight excluding hydrogens is 524 g/mol. The number of rotatable bonds is 4. The van der Waals surface area contributed by atoms with Crippen LogP contribution in [0.15, 0.2) is 60.9 Å². The van der Waals surface area contributed by atoms with Gasteiger partial charge in [-0.05, 0) is 67.0 Å². The second-order valence-corrected chi connectivity index (χ2v) is 11.7. The molecule has 3 aliphatic heterocycles. The van der Waals surface area contributed by atoms with Gasteiger partial charge in [-0.1, -0.05) is 29.8 Å². The lowest BCUT2D eigenvalue weighted by molar-refractivity contribution is 0.0516. The Bertz CT molecular complexity index is 1580. The molecule has 2 saturated heterocycles. The maximum absolute atomic E-state index is 13.7. The molecule has 40 heavy (non-hydrogen) atoms. The average molecular weight is 555 g/mol. The van der Waals surface area contributed by atoms with Crippen LogP contribution in [0, 0.1) is 5.41 Å². The van der Waals surface area contributed by atoms with Crippen molar-refractivity contribution in [1.82, 2.24) is 24.8 Å². The van der Waals surface area contributed by atoms with Crippen LogP contribution >= 0.6 is 11.6 Å². The SMILES string of the molecule is O=C1c2c(Cl)cccc2CN1Cc1nc2c(C(=O)N3CCC4(CC3)CCN(c3ccncc3)CC4)cccc2[nH]1. The Kier molecular flexibility index (Phi) is 6.23. The summed E-state index contributed by atoms with van der Waals surface area (Å²) >= 11 is 6.29. The molecule has 204 valence electrons. The quantitative estimate of drug-likeness (QED) is 0.370. The zero-order valence-electron chi connectivity index (χ0n) is 22.3. The molecule has 2 fully saturated rings. The molecule has 0 atom stereocenters. The molecule has 3 aliphatic rings. The van der Waals surface area contributed by atoms with E-state index in [1.54, 1.807) is 11.0 Å². The molecule has 8 nitrogen and oxygen atoms in total. The highest BCUT2D eigenvalue weighted by molar-refractivity contribution is 6.34. The van der Waals surface area contributed by atoms with Gasteiger partial charge < -0.3 is 19.7 Å². The van der Waals surface area contributed by atoms with E-state index < -0.39 is 0 Å². The molecule has 0 bridgehead atoms. The number of amides is 2. The van der Waals surface area contributed by atoms with Gasteiger partial charge in [0.25, 0.3) is 11.8 Å². The van der Waals surface area contributed by atoms with Crippen LogP contribution in [-0.4, -0.2) is 62.7 Å². The number of halogens is 1. The number of para-hydroxylation sites is 1. The summed E-state index contributed by atoms with van der Waals surface area (Å²) in [4.78, 5) is 45.1. The number of likely N-dealkylation sites (tertiary alicyclic amines) is 1. The van der Waals surface area contributed by atoms with Crippen molar-refractivity contribution in [2.24, 2.45) is 5.41 Å². The van der Waals surface area contributed by atoms with Gasteiger partial charge in [-0.2, -0.15) is 0 Å². The molecule has 4 aromatic rings. The highest BCUT2D eigenvalue weighted by Crippen LogP contribution is 2.42. The summed E-state index contributed by atoms with van der Waals surface area (Å²) < 4.78 is 0. The van der Waals surface area contributed by atoms with E-state index in [1.165, 1.54) is 5.69 Å². The first kappa shape index (κ1) is 25.1. The number of H-pyrrole nitrogens is 1. The van der Waals surface area contributed by atoms with Gasteiger partial charge in [-0.3, -0.25) is 14.6 Å². The Morgan fingerprint density at radius 3 is 2.42 bits per heavy atom. The molecule has 1 N–H and O–H groups in total. The number of imidazole rings is 1. The summed E-state index contributed by atoms with van der Waals surface area (Å²) in [5.74, 6) is 0.599. The lowest BCUT2D eigenvalue weighted by Crippen LogP contribution is -2.48. The van der Waals surface area contributed by atoms with Crippen LogP contribution < -0.4 is 4.90 Å². The molecule has 1 spiro atoms. The number of fused-ring (bicyclic) bond motifs is 2. The van der Waals surface area contributed by atoms with Crippen molar-refractivity contribution in [2.75, 3.05) is 31.1 Å². The molecule has 2 aromatic heterocycles. The molecule has 0 saturated carbocycles. The summed E-state index contributed by atoms with van der Waals surface area (Å²) in [5.41, 5.74) is 5.14. The monoisotopic (exact) mass is 554 g/mol. The summed E-state index contributed by atoms with van der Waals surface area (Å²) in [5, 5.41) is 0.477. The van der Waals surface area contributed by atoms with Crippen LogP contribution in [0.2, 0.25) is 5.02 Å². The average Bonchev–Trinajstić information content (AvgIpc) is 3.54. The fraction of sp³-hybridized carbons (Fsp3) is 0.355. The molecule has 0 unspecified atom stereocenters. The number of piperidine rings is 2. The third-order valence-electron chi connectivity index (χ3n) is 9.06. The van der Waals surface area contributed by atoms with E-state index >= 15 is 0 Å². The number of aromatic nitrogens is 3. The number of pyridine rings is 1. The highest BCUT2D eigenvalue weighted by atomic mass is 35.5. The topological polar surface area (TPSA) is 85.4 Å². The largest absolute Gasteiger partial charge is 0.371 e. The number of anilines is 1. The Morgan fingerprint density at radius 2 is 1.68 bits per heavy atom. The lowest BCUT2D eigenvalue weighted by atomic mass is 9.71. The molecule has 2 amide bonds. The molecule has 7 rings (SSSR count). The molecule has 2 aromatic carbocycles. The normalized spacial score (nSPS) is 18.5. The van der Waals surface area contributed by atoms with Gasteiger partial charge in [0.05, 0.1) is 28.2 Å². The minimum Gasteiger partial charge on any atom is -0.371 e. The highest BCUT2D eigenvalue weighted by Gasteiger charge is 2.39. The maximum atomic E-state index is 13.7. The van der Waals surface area contributed by atoms with E-state index in [0.717, 1.165) is 62.9 Å². The number of aromatic amines is 1. The first-order valence-corrected chi connectivity index (χ1v) is 14.4. The predicted octanol–water partition coefficient (Wildman–Crippen LogP) is 5.29. The number of hydrogen-bond donors (Lipinski definition) is 1. The van der Waals surface area contributed by atoms with Crippen molar-refractivity contribution in [1.29, 1.82) is 0 Å². The van der Waals surface area contributed by atoms with Crippen molar-refractivity contribution in [3.8, 4) is 0 Å². The van der Waals surface area contributed by atoms with Crippen molar-refractivity contribution in [3.05, 3.63) is 88.5 Å². The van der Waals surface area contributed by atoms with Gasteiger partial charge in [-0.25, -0.2) is 4.98 Å². The van der Waals surface area contributed by atoms with E-state index in [4.69, 9.17) is 16.6 Å². The van der Waals surface area contributed by atoms with Crippen LogP contribution in [0.25, 0.3) is 11.0 Å². The summed E-state index contributed by atoms with van der Waals surface area (Å²) in [6.07, 6.45) is 8.08. The second-order valence-electron chi connectivity index (χ2n) is 11.3. The van der Waals surface area contributed by atoms with Gasteiger partial charge in [0, 0.05) is 50.8 Å². The van der Waals surface area contributed by atoms with Crippen LogP contribution in [0.1, 0.15) is 57.8 Å². The number of benzene rings is 2. The van der Waals surface area contributed by atoms with Crippen LogP contribution in [0.3, 0.4) is 0 Å². The summed E-state index contributed by atoms with van der Waals surface area (Å²) in [6, 6.07) is 15.4. The molecule has 5 heterocycles. The van der Waals surface area contributed by atoms with Gasteiger partial charge >= 0.3 is 0 Å². The lowest BCUT2D eigenvalue weighted by Gasteiger charge is -2.47. The van der Waals surface area contributed by atoms with Gasteiger partial charge in [0.15, 0.2) is 0 Å². The Balaban J connectivity index is 1.02. The first-order chi connectivity index (χ1) is 19.5. The zero-order valence-corrected chi connectivity index (χ0v) is 23.0.